The Balaban J connectivity index is 1.54. The van der Waals surface area contributed by atoms with Crippen LogP contribution in [0.25, 0.3) is 0 Å². The highest BCUT2D eigenvalue weighted by Crippen LogP contribution is 2.30. The molecule has 1 amide bonds. The molecule has 2 aromatic rings. The average Bonchev–Trinajstić information content (AvgIpc) is 2.89. The number of ether oxygens (including phenoxy) is 1. The number of amides is 1. The first-order valence-corrected chi connectivity index (χ1v) is 9.43. The zero-order chi connectivity index (χ0) is 19.7. The number of aryl methyl sites for hydroxylation is 1. The Morgan fingerprint density at radius 1 is 1.36 bits per heavy atom. The van der Waals surface area contributed by atoms with E-state index in [0.717, 1.165) is 25.1 Å². The highest BCUT2D eigenvalue weighted by Gasteiger charge is 2.47. The quantitative estimate of drug-likeness (QED) is 0.543. The number of halogens is 1. The third-order valence-corrected chi connectivity index (χ3v) is 5.20. The first kappa shape index (κ1) is 18.6. The molecule has 0 atom stereocenters. The van der Waals surface area contributed by atoms with Gasteiger partial charge in [-0.3, -0.25) is 4.79 Å². The number of pyridine rings is 1. The van der Waals surface area contributed by atoms with E-state index in [0.29, 0.717) is 36.6 Å². The second-order valence-electron chi connectivity index (χ2n) is 7.55. The number of benzene rings is 1. The topological polar surface area (TPSA) is 83.5 Å². The van der Waals surface area contributed by atoms with E-state index >= 15 is 0 Å². The number of hydrogen-bond acceptors (Lipinski definition) is 5. The number of hydrogen-bond donors (Lipinski definition) is 3. The zero-order valence-electron chi connectivity index (χ0n) is 15.9. The van der Waals surface area contributed by atoms with Crippen molar-refractivity contribution in [2.75, 3.05) is 43.9 Å². The fourth-order valence-electron chi connectivity index (χ4n) is 3.68. The molecule has 2 aliphatic heterocycles. The molecule has 1 spiro atoms. The van der Waals surface area contributed by atoms with Crippen LogP contribution >= 0.6 is 0 Å². The Labute approximate surface area is 163 Å². The van der Waals surface area contributed by atoms with Crippen molar-refractivity contribution in [3.8, 4) is 0 Å². The van der Waals surface area contributed by atoms with Gasteiger partial charge in [0.25, 0.3) is 5.91 Å². The van der Waals surface area contributed by atoms with Gasteiger partial charge in [0.05, 0.1) is 24.3 Å². The number of aromatic nitrogens is 1. The van der Waals surface area contributed by atoms with Crippen molar-refractivity contribution >= 4 is 17.3 Å². The molecule has 0 radical (unpaired) electrons. The maximum atomic E-state index is 14.3. The van der Waals surface area contributed by atoms with Gasteiger partial charge in [0.15, 0.2) is 6.20 Å². The minimum atomic E-state index is -0.383. The van der Waals surface area contributed by atoms with Crippen LogP contribution < -0.4 is 21.2 Å². The van der Waals surface area contributed by atoms with Crippen molar-refractivity contribution in [3.05, 3.63) is 53.6 Å². The minimum absolute atomic E-state index is 0.130. The van der Waals surface area contributed by atoms with Crippen LogP contribution in [0.5, 0.6) is 0 Å². The standard InChI is InChI=1S/C20H24FN5O2/c1-14-3-4-17(16(21)9-14)24-18-10-26(22)7-5-15(18)19(27)25-12-20(13-25)11-23-6-2-8-28-20/h3-5,7,9-10,23H,2,6,8,11-13H2,1H3,(H2-,22,24,27)/p+1. The van der Waals surface area contributed by atoms with Gasteiger partial charge in [-0.15, -0.1) is 0 Å². The van der Waals surface area contributed by atoms with Gasteiger partial charge in [0, 0.05) is 19.2 Å². The molecule has 28 heavy (non-hydrogen) atoms. The Hall–Kier alpha value is -2.71. The van der Waals surface area contributed by atoms with Gasteiger partial charge in [-0.05, 0) is 37.6 Å². The maximum Gasteiger partial charge on any atom is 0.256 e. The molecular formula is C20H25FN5O2+. The van der Waals surface area contributed by atoms with Crippen molar-refractivity contribution < 1.29 is 18.6 Å². The van der Waals surface area contributed by atoms with Gasteiger partial charge in [0.2, 0.25) is 6.20 Å². The molecule has 148 valence electrons. The second-order valence-corrected chi connectivity index (χ2v) is 7.55. The molecule has 0 saturated carbocycles. The van der Waals surface area contributed by atoms with Gasteiger partial charge in [0.1, 0.15) is 17.1 Å². The summed E-state index contributed by atoms with van der Waals surface area (Å²) in [6.45, 7) is 5.27. The minimum Gasteiger partial charge on any atom is -0.370 e. The van der Waals surface area contributed by atoms with E-state index in [2.05, 4.69) is 10.6 Å². The SMILES string of the molecule is Cc1ccc(Nc2c[n+](N)ccc2C(=O)N2CC3(CNCCCO3)C2)c(F)c1. The summed E-state index contributed by atoms with van der Waals surface area (Å²) in [5.41, 5.74) is 1.72. The van der Waals surface area contributed by atoms with Crippen molar-refractivity contribution in [1.29, 1.82) is 0 Å². The summed E-state index contributed by atoms with van der Waals surface area (Å²) in [7, 11) is 0. The molecule has 3 heterocycles. The molecular weight excluding hydrogens is 361 g/mol. The van der Waals surface area contributed by atoms with Crippen molar-refractivity contribution in [2.24, 2.45) is 0 Å². The van der Waals surface area contributed by atoms with Gasteiger partial charge < -0.3 is 20.3 Å². The molecule has 7 nitrogen and oxygen atoms in total. The van der Waals surface area contributed by atoms with Crippen LogP contribution in [0, 0.1) is 12.7 Å². The molecule has 2 saturated heterocycles. The van der Waals surface area contributed by atoms with E-state index in [1.165, 1.54) is 10.7 Å². The van der Waals surface area contributed by atoms with E-state index in [9.17, 15) is 9.18 Å². The summed E-state index contributed by atoms with van der Waals surface area (Å²) in [6.07, 6.45) is 4.15. The highest BCUT2D eigenvalue weighted by atomic mass is 19.1. The molecule has 0 unspecified atom stereocenters. The average molecular weight is 386 g/mol. The first-order chi connectivity index (χ1) is 13.5. The maximum absolute atomic E-state index is 14.3. The number of anilines is 2. The highest BCUT2D eigenvalue weighted by molar-refractivity contribution is 6.00. The number of nitrogens with zero attached hydrogens (tertiary/aromatic N) is 2. The molecule has 0 aliphatic carbocycles. The van der Waals surface area contributed by atoms with E-state index < -0.39 is 0 Å². The van der Waals surface area contributed by atoms with E-state index in [1.54, 1.807) is 29.4 Å². The third kappa shape index (κ3) is 3.65. The Bertz CT molecular complexity index is 888. The lowest BCUT2D eigenvalue weighted by atomic mass is 9.92. The lowest BCUT2D eigenvalue weighted by Crippen LogP contribution is -2.68. The van der Waals surface area contributed by atoms with Crippen LogP contribution in [0.3, 0.4) is 0 Å². The molecule has 4 N–H and O–H groups in total. The van der Waals surface area contributed by atoms with E-state index in [-0.39, 0.29) is 17.3 Å². The molecule has 1 aromatic carbocycles. The number of nitrogen functional groups attached to an aromatic ring is 1. The summed E-state index contributed by atoms with van der Waals surface area (Å²) >= 11 is 0. The smallest absolute Gasteiger partial charge is 0.256 e. The number of rotatable bonds is 3. The van der Waals surface area contributed by atoms with E-state index in [4.69, 9.17) is 10.6 Å². The van der Waals surface area contributed by atoms with Crippen molar-refractivity contribution in [3.63, 3.8) is 0 Å². The summed E-state index contributed by atoms with van der Waals surface area (Å²) in [4.78, 5) is 14.8. The lowest BCUT2D eigenvalue weighted by molar-refractivity contribution is -0.638. The molecule has 2 fully saturated rings. The largest absolute Gasteiger partial charge is 0.370 e. The van der Waals surface area contributed by atoms with Crippen LogP contribution in [0.1, 0.15) is 22.3 Å². The predicted octanol–water partition coefficient (Wildman–Crippen LogP) is 1.08. The van der Waals surface area contributed by atoms with Crippen molar-refractivity contribution in [1.82, 2.24) is 10.2 Å². The van der Waals surface area contributed by atoms with Crippen LogP contribution in [-0.4, -0.2) is 49.2 Å². The van der Waals surface area contributed by atoms with Crippen LogP contribution in [0.2, 0.25) is 0 Å². The van der Waals surface area contributed by atoms with Crippen LogP contribution in [-0.2, 0) is 4.74 Å². The van der Waals surface area contributed by atoms with Gasteiger partial charge in [-0.2, -0.15) is 0 Å². The zero-order valence-corrected chi connectivity index (χ0v) is 15.9. The van der Waals surface area contributed by atoms with Gasteiger partial charge >= 0.3 is 0 Å². The Morgan fingerprint density at radius 3 is 2.96 bits per heavy atom. The Morgan fingerprint density at radius 2 is 2.18 bits per heavy atom. The van der Waals surface area contributed by atoms with E-state index in [1.807, 2.05) is 13.0 Å². The fraction of sp³-hybridized carbons (Fsp3) is 0.400. The predicted molar refractivity (Wildman–Crippen MR) is 103 cm³/mol. The fourth-order valence-corrected chi connectivity index (χ4v) is 3.68. The molecule has 8 heteroatoms. The monoisotopic (exact) mass is 386 g/mol. The normalized spacial score (nSPS) is 18.4. The number of carbonyl (C=O) groups excluding carboxylic acids is 1. The van der Waals surface area contributed by atoms with Crippen LogP contribution in [0.4, 0.5) is 15.8 Å². The van der Waals surface area contributed by atoms with Crippen LogP contribution in [0.15, 0.2) is 36.7 Å². The molecule has 2 aliphatic rings. The number of carbonyl (C=O) groups is 1. The molecule has 0 bridgehead atoms. The number of nitrogens with one attached hydrogen (secondary N) is 2. The third-order valence-electron chi connectivity index (χ3n) is 5.20. The number of likely N-dealkylation sites (tertiary alicyclic amines) is 1. The summed E-state index contributed by atoms with van der Waals surface area (Å²) in [5, 5.41) is 6.37. The van der Waals surface area contributed by atoms with Gasteiger partial charge in [-0.25, -0.2) is 10.2 Å². The first-order valence-electron chi connectivity index (χ1n) is 9.43. The second kappa shape index (κ2) is 7.37. The summed E-state index contributed by atoms with van der Waals surface area (Å²) in [6, 6.07) is 6.55. The number of nitrogens with two attached hydrogens (primary N) is 1. The Kier molecular flexibility index (Phi) is 4.91. The summed E-state index contributed by atoms with van der Waals surface area (Å²) in [5.74, 6) is 5.31. The molecule has 4 rings (SSSR count). The summed E-state index contributed by atoms with van der Waals surface area (Å²) < 4.78 is 21.6. The lowest BCUT2D eigenvalue weighted by Gasteiger charge is -2.49. The van der Waals surface area contributed by atoms with Gasteiger partial charge in [-0.1, -0.05) is 10.7 Å². The molecule has 1 aromatic heterocycles. The van der Waals surface area contributed by atoms with Crippen molar-refractivity contribution in [2.45, 2.75) is 18.9 Å².